The summed E-state index contributed by atoms with van der Waals surface area (Å²) in [6.45, 7) is 8.56. The number of allylic oxidation sites excluding steroid dienone is 2. The van der Waals surface area contributed by atoms with Crippen LogP contribution in [-0.2, 0) is 19.1 Å². The number of anilines is 1. The molecule has 2 heterocycles. The number of carbonyl (C=O) groups is 2. The first-order valence-electron chi connectivity index (χ1n) is 15.1. The predicted octanol–water partition coefficient (Wildman–Crippen LogP) is 3.70. The predicted molar refractivity (Wildman–Crippen MR) is 171 cm³/mol. The molecule has 0 amide bonds. The molecule has 0 radical (unpaired) electrons. The SMILES string of the molecule is COc1ccccc1N1CCN(CCCOC(=O)C2=C(C)NC(C)=C(C(=O)OCCN(C)C)C2c2cccc([N+](=O)[O-])c2)CC1. The quantitative estimate of drug-likeness (QED) is 0.152. The molecular formula is C33H43N5O7. The number of nitrogens with one attached hydrogen (secondary N) is 1. The highest BCUT2D eigenvalue weighted by atomic mass is 16.6. The van der Waals surface area contributed by atoms with Crippen LogP contribution in [0.1, 0.15) is 31.7 Å². The first-order valence-corrected chi connectivity index (χ1v) is 15.1. The lowest BCUT2D eigenvalue weighted by molar-refractivity contribution is -0.384. The summed E-state index contributed by atoms with van der Waals surface area (Å²) in [4.78, 5) is 44.7. The maximum Gasteiger partial charge on any atom is 0.336 e. The van der Waals surface area contributed by atoms with E-state index in [0.29, 0.717) is 29.9 Å². The van der Waals surface area contributed by atoms with E-state index in [2.05, 4.69) is 21.2 Å². The summed E-state index contributed by atoms with van der Waals surface area (Å²) >= 11 is 0. The van der Waals surface area contributed by atoms with Gasteiger partial charge in [-0.25, -0.2) is 9.59 Å². The number of likely N-dealkylation sites (N-methyl/N-ethyl adjacent to an activating group) is 1. The van der Waals surface area contributed by atoms with Crippen molar-refractivity contribution in [2.75, 3.05) is 78.6 Å². The monoisotopic (exact) mass is 621 g/mol. The zero-order valence-corrected chi connectivity index (χ0v) is 26.7. The molecule has 1 saturated heterocycles. The fourth-order valence-electron chi connectivity index (χ4n) is 5.72. The summed E-state index contributed by atoms with van der Waals surface area (Å²) < 4.78 is 16.8. The number of nitrogens with zero attached hydrogens (tertiary/aromatic N) is 4. The minimum Gasteiger partial charge on any atom is -0.495 e. The Bertz CT molecular complexity index is 1450. The lowest BCUT2D eigenvalue weighted by Crippen LogP contribution is -2.46. The van der Waals surface area contributed by atoms with Gasteiger partial charge in [-0.1, -0.05) is 24.3 Å². The Morgan fingerprint density at radius 2 is 1.60 bits per heavy atom. The van der Waals surface area contributed by atoms with Gasteiger partial charge in [-0.2, -0.15) is 0 Å². The molecule has 2 aliphatic rings. The van der Waals surface area contributed by atoms with Crippen LogP contribution in [0, 0.1) is 10.1 Å². The second kappa shape index (κ2) is 15.5. The minimum absolute atomic E-state index is 0.139. The maximum atomic E-state index is 13.6. The Hall–Kier alpha value is -4.42. The van der Waals surface area contributed by atoms with E-state index in [9.17, 15) is 19.7 Å². The number of nitro groups is 1. The second-order valence-electron chi connectivity index (χ2n) is 11.4. The summed E-state index contributed by atoms with van der Waals surface area (Å²) in [5.74, 6) is -1.21. The van der Waals surface area contributed by atoms with Gasteiger partial charge >= 0.3 is 11.9 Å². The molecule has 1 atom stereocenters. The fourth-order valence-corrected chi connectivity index (χ4v) is 5.72. The number of dihydropyridines is 1. The number of hydrogen-bond donors (Lipinski definition) is 1. The van der Waals surface area contributed by atoms with Gasteiger partial charge < -0.3 is 29.3 Å². The van der Waals surface area contributed by atoms with Crippen molar-refractivity contribution in [2.24, 2.45) is 0 Å². The van der Waals surface area contributed by atoms with Crippen LogP contribution in [-0.4, -0.2) is 100 Å². The van der Waals surface area contributed by atoms with Crippen molar-refractivity contribution in [3.63, 3.8) is 0 Å². The number of ether oxygens (including phenoxy) is 3. The van der Waals surface area contributed by atoms with Gasteiger partial charge in [0.05, 0.1) is 41.4 Å². The molecule has 12 heteroatoms. The molecule has 1 N–H and O–H groups in total. The van der Waals surface area contributed by atoms with Crippen molar-refractivity contribution in [3.8, 4) is 5.75 Å². The van der Waals surface area contributed by atoms with Crippen LogP contribution in [0.15, 0.2) is 71.1 Å². The lowest BCUT2D eigenvalue weighted by Gasteiger charge is -2.36. The van der Waals surface area contributed by atoms with Crippen molar-refractivity contribution in [3.05, 3.63) is 86.7 Å². The van der Waals surface area contributed by atoms with Gasteiger partial charge in [0.1, 0.15) is 12.4 Å². The molecule has 4 rings (SSSR count). The molecule has 1 fully saturated rings. The van der Waals surface area contributed by atoms with E-state index in [1.165, 1.54) is 12.1 Å². The molecule has 0 aromatic heterocycles. The minimum atomic E-state index is -0.895. The number of para-hydroxylation sites is 2. The van der Waals surface area contributed by atoms with Crippen molar-refractivity contribution in [1.29, 1.82) is 0 Å². The van der Waals surface area contributed by atoms with E-state index in [4.69, 9.17) is 14.2 Å². The van der Waals surface area contributed by atoms with Crippen LogP contribution in [0.5, 0.6) is 5.75 Å². The number of non-ortho nitro benzene ring substituents is 1. The van der Waals surface area contributed by atoms with Gasteiger partial charge in [0.25, 0.3) is 5.69 Å². The molecule has 242 valence electrons. The molecule has 45 heavy (non-hydrogen) atoms. The third-order valence-electron chi connectivity index (χ3n) is 8.04. The van der Waals surface area contributed by atoms with Crippen LogP contribution in [0.4, 0.5) is 11.4 Å². The number of nitro benzene ring substituents is 1. The zero-order chi connectivity index (χ0) is 32.5. The molecular weight excluding hydrogens is 578 g/mol. The van der Waals surface area contributed by atoms with E-state index in [0.717, 1.165) is 44.2 Å². The first-order chi connectivity index (χ1) is 21.6. The number of methoxy groups -OCH3 is 1. The molecule has 2 aromatic carbocycles. The second-order valence-corrected chi connectivity index (χ2v) is 11.4. The Labute approximate surface area is 264 Å². The Morgan fingerprint density at radius 3 is 2.22 bits per heavy atom. The molecule has 0 bridgehead atoms. The first kappa shape index (κ1) is 33.5. The van der Waals surface area contributed by atoms with Crippen LogP contribution >= 0.6 is 0 Å². The summed E-state index contributed by atoms with van der Waals surface area (Å²) in [5, 5.41) is 14.7. The normalized spacial score (nSPS) is 17.3. The van der Waals surface area contributed by atoms with Crippen LogP contribution in [0.3, 0.4) is 0 Å². The van der Waals surface area contributed by atoms with Gasteiger partial charge in [0.2, 0.25) is 0 Å². The average Bonchev–Trinajstić information content (AvgIpc) is 3.02. The molecule has 2 aliphatic heterocycles. The van der Waals surface area contributed by atoms with Crippen LogP contribution < -0.4 is 15.0 Å². The van der Waals surface area contributed by atoms with E-state index in [1.54, 1.807) is 33.1 Å². The highest BCUT2D eigenvalue weighted by molar-refractivity contribution is 6.00. The third kappa shape index (κ3) is 8.40. The van der Waals surface area contributed by atoms with Gasteiger partial charge in [-0.15, -0.1) is 0 Å². The molecule has 0 spiro atoms. The standard InChI is InChI=1S/C33H43N5O7/c1-23-29(32(39)44-20-9-14-36-15-17-37(18-16-36)27-12-6-7-13-28(27)43-5)31(25-10-8-11-26(22-25)38(41)42)30(24(2)34-23)33(40)45-21-19-35(3)4/h6-8,10-13,22,31,34H,9,14-21H2,1-5H3. The molecule has 1 unspecified atom stereocenters. The molecule has 2 aromatic rings. The van der Waals surface area contributed by atoms with Crippen molar-refractivity contribution < 1.29 is 28.7 Å². The topological polar surface area (TPSA) is 127 Å². The molecule has 12 nitrogen and oxygen atoms in total. The lowest BCUT2D eigenvalue weighted by atomic mass is 9.80. The Kier molecular flexibility index (Phi) is 11.6. The highest BCUT2D eigenvalue weighted by Crippen LogP contribution is 2.40. The maximum absolute atomic E-state index is 13.6. The summed E-state index contributed by atoms with van der Waals surface area (Å²) in [7, 11) is 5.42. The van der Waals surface area contributed by atoms with E-state index in [-0.39, 0.29) is 30.0 Å². The van der Waals surface area contributed by atoms with Crippen LogP contribution in [0.2, 0.25) is 0 Å². The van der Waals surface area contributed by atoms with E-state index < -0.39 is 22.8 Å². The Morgan fingerprint density at radius 1 is 0.956 bits per heavy atom. The van der Waals surface area contributed by atoms with Crippen LogP contribution in [0.25, 0.3) is 0 Å². The molecule has 0 aliphatic carbocycles. The third-order valence-corrected chi connectivity index (χ3v) is 8.04. The van der Waals surface area contributed by atoms with Crippen molar-refractivity contribution in [2.45, 2.75) is 26.2 Å². The summed E-state index contributed by atoms with van der Waals surface area (Å²) in [5.41, 5.74) is 2.87. The van der Waals surface area contributed by atoms with Gasteiger partial charge in [-0.3, -0.25) is 15.0 Å². The van der Waals surface area contributed by atoms with Gasteiger partial charge in [0, 0.05) is 62.8 Å². The summed E-state index contributed by atoms with van der Waals surface area (Å²) in [6, 6.07) is 14.0. The largest absolute Gasteiger partial charge is 0.495 e. The molecule has 0 saturated carbocycles. The summed E-state index contributed by atoms with van der Waals surface area (Å²) in [6.07, 6.45) is 0.635. The average molecular weight is 622 g/mol. The van der Waals surface area contributed by atoms with Gasteiger partial charge in [0.15, 0.2) is 0 Å². The number of rotatable bonds is 13. The Balaban J connectivity index is 1.42. The zero-order valence-electron chi connectivity index (χ0n) is 26.7. The fraction of sp³-hybridized carbons (Fsp3) is 0.455. The number of hydrogen-bond acceptors (Lipinski definition) is 11. The van der Waals surface area contributed by atoms with Crippen molar-refractivity contribution in [1.82, 2.24) is 15.1 Å². The number of benzene rings is 2. The highest BCUT2D eigenvalue weighted by Gasteiger charge is 2.38. The smallest absolute Gasteiger partial charge is 0.336 e. The van der Waals surface area contributed by atoms with E-state index >= 15 is 0 Å². The number of piperazine rings is 1. The number of esters is 2. The van der Waals surface area contributed by atoms with E-state index in [1.807, 2.05) is 37.2 Å². The van der Waals surface area contributed by atoms with Gasteiger partial charge in [-0.05, 0) is 52.1 Å². The number of carbonyl (C=O) groups excluding carboxylic acids is 2. The van der Waals surface area contributed by atoms with Crippen molar-refractivity contribution >= 4 is 23.3 Å².